The molecular formula is C14H11F3O3. The van der Waals surface area contributed by atoms with Crippen LogP contribution in [0.15, 0.2) is 34.7 Å². The van der Waals surface area contributed by atoms with E-state index in [1.165, 1.54) is 18.2 Å². The Labute approximate surface area is 112 Å². The number of alkyl halides is 3. The highest BCUT2D eigenvalue weighted by atomic mass is 19.4. The SMILES string of the molecule is Cc1oc(-c2ccc(C(F)(F)F)cc2)cc1CC(=O)O. The number of furan rings is 1. The number of halogens is 3. The van der Waals surface area contributed by atoms with Gasteiger partial charge in [-0.2, -0.15) is 13.2 Å². The Hall–Kier alpha value is -2.24. The van der Waals surface area contributed by atoms with E-state index in [4.69, 9.17) is 9.52 Å². The monoisotopic (exact) mass is 284 g/mol. The van der Waals surface area contributed by atoms with Crippen molar-refractivity contribution in [3.05, 3.63) is 47.2 Å². The van der Waals surface area contributed by atoms with Crippen molar-refractivity contribution in [3.8, 4) is 11.3 Å². The summed E-state index contributed by atoms with van der Waals surface area (Å²) >= 11 is 0. The molecule has 0 aliphatic carbocycles. The number of hydrogen-bond donors (Lipinski definition) is 1. The quantitative estimate of drug-likeness (QED) is 0.929. The van der Waals surface area contributed by atoms with Gasteiger partial charge in [-0.15, -0.1) is 0 Å². The zero-order chi connectivity index (χ0) is 14.9. The van der Waals surface area contributed by atoms with E-state index in [9.17, 15) is 18.0 Å². The predicted molar refractivity (Wildman–Crippen MR) is 65.2 cm³/mol. The second kappa shape index (κ2) is 5.03. The maximum Gasteiger partial charge on any atom is 0.416 e. The fraction of sp³-hybridized carbons (Fsp3) is 0.214. The lowest BCUT2D eigenvalue weighted by Crippen LogP contribution is -2.03. The average Bonchev–Trinajstić information content (AvgIpc) is 2.69. The molecule has 1 aromatic carbocycles. The molecule has 2 rings (SSSR count). The third kappa shape index (κ3) is 3.01. The van der Waals surface area contributed by atoms with Crippen molar-refractivity contribution in [3.63, 3.8) is 0 Å². The van der Waals surface area contributed by atoms with Gasteiger partial charge < -0.3 is 9.52 Å². The molecular weight excluding hydrogens is 273 g/mol. The molecule has 3 nitrogen and oxygen atoms in total. The summed E-state index contributed by atoms with van der Waals surface area (Å²) in [4.78, 5) is 10.7. The first-order valence-electron chi connectivity index (χ1n) is 5.76. The molecule has 0 unspecified atom stereocenters. The minimum Gasteiger partial charge on any atom is -0.481 e. The van der Waals surface area contributed by atoms with Crippen LogP contribution in [0.4, 0.5) is 13.2 Å². The van der Waals surface area contributed by atoms with Gasteiger partial charge in [-0.05, 0) is 25.1 Å². The number of aliphatic carboxylic acids is 1. The molecule has 1 aromatic heterocycles. The fourth-order valence-corrected chi connectivity index (χ4v) is 1.82. The normalized spacial score (nSPS) is 11.6. The fourth-order valence-electron chi connectivity index (χ4n) is 1.82. The van der Waals surface area contributed by atoms with E-state index < -0.39 is 17.7 Å². The summed E-state index contributed by atoms with van der Waals surface area (Å²) in [5.41, 5.74) is 0.237. The lowest BCUT2D eigenvalue weighted by Gasteiger charge is -2.06. The first-order valence-corrected chi connectivity index (χ1v) is 5.76. The maximum absolute atomic E-state index is 12.4. The minimum absolute atomic E-state index is 0.185. The van der Waals surface area contributed by atoms with Crippen molar-refractivity contribution in [1.82, 2.24) is 0 Å². The number of carboxylic acids is 1. The summed E-state index contributed by atoms with van der Waals surface area (Å²) in [6.45, 7) is 1.62. The van der Waals surface area contributed by atoms with E-state index in [-0.39, 0.29) is 6.42 Å². The number of carbonyl (C=O) groups is 1. The highest BCUT2D eigenvalue weighted by Gasteiger charge is 2.30. The van der Waals surface area contributed by atoms with Gasteiger partial charge in [-0.3, -0.25) is 4.79 Å². The number of benzene rings is 1. The van der Waals surface area contributed by atoms with Crippen molar-refractivity contribution in [2.24, 2.45) is 0 Å². The van der Waals surface area contributed by atoms with Crippen LogP contribution in [0.2, 0.25) is 0 Å². The van der Waals surface area contributed by atoms with E-state index >= 15 is 0 Å². The molecule has 0 saturated carbocycles. The molecule has 0 radical (unpaired) electrons. The molecule has 0 fully saturated rings. The first-order chi connectivity index (χ1) is 9.27. The molecule has 2 aromatic rings. The van der Waals surface area contributed by atoms with E-state index in [1.54, 1.807) is 6.92 Å². The van der Waals surface area contributed by atoms with Gasteiger partial charge in [0.1, 0.15) is 11.5 Å². The van der Waals surface area contributed by atoms with Crippen LogP contribution in [0.1, 0.15) is 16.9 Å². The summed E-state index contributed by atoms with van der Waals surface area (Å²) in [5, 5.41) is 8.73. The second-order valence-electron chi connectivity index (χ2n) is 4.34. The van der Waals surface area contributed by atoms with Crippen LogP contribution < -0.4 is 0 Å². The molecule has 0 aliphatic heterocycles. The smallest absolute Gasteiger partial charge is 0.416 e. The second-order valence-corrected chi connectivity index (χ2v) is 4.34. The van der Waals surface area contributed by atoms with Crippen LogP contribution in [-0.2, 0) is 17.4 Å². The van der Waals surface area contributed by atoms with Gasteiger partial charge in [0, 0.05) is 11.1 Å². The molecule has 0 saturated heterocycles. The van der Waals surface area contributed by atoms with Crippen molar-refractivity contribution >= 4 is 5.97 Å². The maximum atomic E-state index is 12.4. The average molecular weight is 284 g/mol. The van der Waals surface area contributed by atoms with Crippen LogP contribution >= 0.6 is 0 Å². The van der Waals surface area contributed by atoms with Crippen LogP contribution in [0.25, 0.3) is 11.3 Å². The molecule has 0 bridgehead atoms. The molecule has 0 spiro atoms. The molecule has 1 N–H and O–H groups in total. The highest BCUT2D eigenvalue weighted by Crippen LogP contribution is 2.32. The highest BCUT2D eigenvalue weighted by molar-refractivity contribution is 5.71. The van der Waals surface area contributed by atoms with Gasteiger partial charge in [0.2, 0.25) is 0 Å². The van der Waals surface area contributed by atoms with Gasteiger partial charge in [0.15, 0.2) is 0 Å². The van der Waals surface area contributed by atoms with E-state index in [1.807, 2.05) is 0 Å². The number of rotatable bonds is 3. The van der Waals surface area contributed by atoms with Gasteiger partial charge in [-0.25, -0.2) is 0 Å². The van der Waals surface area contributed by atoms with Gasteiger partial charge in [0.05, 0.1) is 12.0 Å². The third-order valence-electron chi connectivity index (χ3n) is 2.86. The van der Waals surface area contributed by atoms with Gasteiger partial charge >= 0.3 is 12.1 Å². The lowest BCUT2D eigenvalue weighted by molar-refractivity contribution is -0.138. The van der Waals surface area contributed by atoms with Crippen molar-refractivity contribution in [1.29, 1.82) is 0 Å². The van der Waals surface area contributed by atoms with Crippen LogP contribution in [-0.4, -0.2) is 11.1 Å². The summed E-state index contributed by atoms with van der Waals surface area (Å²) < 4.78 is 42.7. The first kappa shape index (κ1) is 14.2. The standard InChI is InChI=1S/C14H11F3O3/c1-8-10(7-13(18)19)6-12(20-8)9-2-4-11(5-3-9)14(15,16)17/h2-6H,7H2,1H3,(H,18,19). The Morgan fingerprint density at radius 3 is 2.35 bits per heavy atom. The number of aryl methyl sites for hydroxylation is 1. The summed E-state index contributed by atoms with van der Waals surface area (Å²) in [7, 11) is 0. The minimum atomic E-state index is -4.38. The van der Waals surface area contributed by atoms with Crippen molar-refractivity contribution < 1.29 is 27.5 Å². The molecule has 20 heavy (non-hydrogen) atoms. The third-order valence-corrected chi connectivity index (χ3v) is 2.86. The summed E-state index contributed by atoms with van der Waals surface area (Å²) in [6, 6.07) is 6.05. The molecule has 0 amide bonds. The van der Waals surface area contributed by atoms with E-state index in [0.29, 0.717) is 22.6 Å². The van der Waals surface area contributed by atoms with E-state index in [2.05, 4.69) is 0 Å². The van der Waals surface area contributed by atoms with Gasteiger partial charge in [-0.1, -0.05) is 12.1 Å². The molecule has 106 valence electrons. The molecule has 6 heteroatoms. The van der Waals surface area contributed by atoms with Gasteiger partial charge in [0.25, 0.3) is 0 Å². The summed E-state index contributed by atoms with van der Waals surface area (Å²) in [6.07, 6.45) is -4.57. The zero-order valence-corrected chi connectivity index (χ0v) is 10.5. The van der Waals surface area contributed by atoms with Crippen LogP contribution in [0.3, 0.4) is 0 Å². The topological polar surface area (TPSA) is 50.4 Å². The Kier molecular flexibility index (Phi) is 3.57. The molecule has 0 atom stereocenters. The Morgan fingerprint density at radius 1 is 1.25 bits per heavy atom. The Balaban J connectivity index is 2.30. The lowest BCUT2D eigenvalue weighted by atomic mass is 10.1. The molecule has 1 heterocycles. The Bertz CT molecular complexity index is 624. The molecule has 0 aliphatic rings. The number of carboxylic acid groups (broad SMARTS) is 1. The Morgan fingerprint density at radius 2 is 1.85 bits per heavy atom. The largest absolute Gasteiger partial charge is 0.481 e. The predicted octanol–water partition coefficient (Wildman–Crippen LogP) is 3.90. The number of hydrogen-bond acceptors (Lipinski definition) is 2. The zero-order valence-electron chi connectivity index (χ0n) is 10.5. The summed E-state index contributed by atoms with van der Waals surface area (Å²) in [5.74, 6) is -0.192. The van der Waals surface area contributed by atoms with Crippen LogP contribution in [0.5, 0.6) is 0 Å². The van der Waals surface area contributed by atoms with Crippen molar-refractivity contribution in [2.45, 2.75) is 19.5 Å². The van der Waals surface area contributed by atoms with Crippen LogP contribution in [0, 0.1) is 6.92 Å². The van der Waals surface area contributed by atoms with Crippen molar-refractivity contribution in [2.75, 3.05) is 0 Å². The van der Waals surface area contributed by atoms with E-state index in [0.717, 1.165) is 12.1 Å².